The van der Waals surface area contributed by atoms with E-state index >= 15 is 0 Å². The largest absolute Gasteiger partial charge is 0.353 e. The van der Waals surface area contributed by atoms with Gasteiger partial charge in [-0.15, -0.1) is 0 Å². The molecule has 1 amide bonds. The summed E-state index contributed by atoms with van der Waals surface area (Å²) in [7, 11) is 0. The summed E-state index contributed by atoms with van der Waals surface area (Å²) in [6.07, 6.45) is 0. The first-order chi connectivity index (χ1) is 14.4. The second-order valence-corrected chi connectivity index (χ2v) is 8.33. The highest BCUT2D eigenvalue weighted by Gasteiger charge is 2.16. The van der Waals surface area contributed by atoms with Crippen LogP contribution in [0.4, 0.5) is 5.69 Å². The van der Waals surface area contributed by atoms with Gasteiger partial charge in [0, 0.05) is 10.7 Å². The van der Waals surface area contributed by atoms with Crippen LogP contribution in [0, 0.1) is 6.92 Å². The molecule has 6 nitrogen and oxygen atoms in total. The van der Waals surface area contributed by atoms with Gasteiger partial charge in [-0.3, -0.25) is 14.2 Å². The molecule has 2 N–H and O–H groups in total. The van der Waals surface area contributed by atoms with Crippen molar-refractivity contribution in [3.63, 3.8) is 0 Å². The smallest absolute Gasteiger partial charge is 0.283 e. The van der Waals surface area contributed by atoms with Gasteiger partial charge in [-0.05, 0) is 43.3 Å². The number of halogens is 2. The molecule has 0 atom stereocenters. The van der Waals surface area contributed by atoms with Crippen LogP contribution in [0.5, 0.6) is 0 Å². The lowest BCUT2D eigenvalue weighted by molar-refractivity contribution is -0.113. The van der Waals surface area contributed by atoms with E-state index in [0.717, 1.165) is 5.69 Å². The summed E-state index contributed by atoms with van der Waals surface area (Å²) in [5.41, 5.74) is 2.70. The monoisotopic (exact) mass is 458 g/mol. The van der Waals surface area contributed by atoms with Crippen molar-refractivity contribution in [2.75, 3.05) is 11.1 Å². The summed E-state index contributed by atoms with van der Waals surface area (Å²) in [5.74, 6) is -0.250. The molecule has 2 aromatic heterocycles. The minimum Gasteiger partial charge on any atom is -0.353 e. The molecule has 0 aliphatic heterocycles. The highest BCUT2D eigenvalue weighted by molar-refractivity contribution is 7.99. The van der Waals surface area contributed by atoms with Crippen LogP contribution in [0.1, 0.15) is 5.69 Å². The maximum Gasteiger partial charge on any atom is 0.283 e. The van der Waals surface area contributed by atoms with Crippen LogP contribution >= 0.6 is 35.0 Å². The van der Waals surface area contributed by atoms with Crippen molar-refractivity contribution >= 4 is 57.6 Å². The van der Waals surface area contributed by atoms with Crippen LogP contribution in [0.15, 0.2) is 64.5 Å². The van der Waals surface area contributed by atoms with Crippen molar-refractivity contribution < 1.29 is 4.79 Å². The third-order valence-corrected chi connectivity index (χ3v) is 5.81. The van der Waals surface area contributed by atoms with Gasteiger partial charge < -0.3 is 10.3 Å². The molecule has 0 saturated carbocycles. The number of benzene rings is 2. The van der Waals surface area contributed by atoms with Gasteiger partial charge >= 0.3 is 0 Å². The normalized spacial score (nSPS) is 11.0. The average molecular weight is 459 g/mol. The van der Waals surface area contributed by atoms with Crippen molar-refractivity contribution in [3.8, 4) is 5.69 Å². The maximum atomic E-state index is 13.1. The van der Waals surface area contributed by atoms with Gasteiger partial charge in [0.25, 0.3) is 5.56 Å². The van der Waals surface area contributed by atoms with Gasteiger partial charge in [0.2, 0.25) is 5.91 Å². The molecule has 0 aliphatic rings. The molecule has 4 rings (SSSR count). The zero-order chi connectivity index (χ0) is 21.3. The fourth-order valence-corrected chi connectivity index (χ4v) is 4.14. The number of aromatic amines is 1. The van der Waals surface area contributed by atoms with Gasteiger partial charge in [-0.2, -0.15) is 0 Å². The number of H-pyrrole nitrogens is 1. The number of hydrogen-bond acceptors (Lipinski definition) is 4. The first-order valence-corrected chi connectivity index (χ1v) is 10.7. The third kappa shape index (κ3) is 4.23. The number of hydrogen-bond donors (Lipinski definition) is 2. The highest BCUT2D eigenvalue weighted by atomic mass is 35.5. The molecule has 0 unspecified atom stereocenters. The van der Waals surface area contributed by atoms with Crippen LogP contribution in [-0.4, -0.2) is 26.2 Å². The second-order valence-electron chi connectivity index (χ2n) is 6.54. The molecule has 0 spiro atoms. The van der Waals surface area contributed by atoms with E-state index in [4.69, 9.17) is 23.2 Å². The Morgan fingerprint density at radius 3 is 2.70 bits per heavy atom. The molecular formula is C21H16Cl2N4O2S. The van der Waals surface area contributed by atoms with Crippen LogP contribution < -0.4 is 10.9 Å². The number of carbonyl (C=O) groups excluding carboxylic acids is 1. The van der Waals surface area contributed by atoms with Crippen LogP contribution in [-0.2, 0) is 4.79 Å². The van der Waals surface area contributed by atoms with E-state index in [1.807, 2.05) is 43.3 Å². The summed E-state index contributed by atoms with van der Waals surface area (Å²) in [6.45, 7) is 1.86. The zero-order valence-electron chi connectivity index (χ0n) is 15.8. The molecule has 9 heteroatoms. The lowest BCUT2D eigenvalue weighted by Gasteiger charge is -2.12. The lowest BCUT2D eigenvalue weighted by atomic mass is 10.3. The molecule has 0 bridgehead atoms. The van der Waals surface area contributed by atoms with Crippen LogP contribution in [0.2, 0.25) is 10.0 Å². The van der Waals surface area contributed by atoms with E-state index in [1.165, 1.54) is 16.3 Å². The Balaban J connectivity index is 1.65. The Kier molecular flexibility index (Phi) is 5.85. The van der Waals surface area contributed by atoms with Crippen molar-refractivity contribution in [1.82, 2.24) is 14.5 Å². The van der Waals surface area contributed by atoms with E-state index in [0.29, 0.717) is 37.6 Å². The first-order valence-electron chi connectivity index (χ1n) is 8.98. The summed E-state index contributed by atoms with van der Waals surface area (Å²) < 4.78 is 1.50. The topological polar surface area (TPSA) is 79.8 Å². The predicted octanol–water partition coefficient (Wildman–Crippen LogP) is 5.06. The standard InChI is InChI=1S/C21H16Cl2N4O2S/c1-12-9-17-19(24-12)20(29)27(14-5-3-2-4-6-14)21(26-17)30-11-18(28)25-16-10-13(22)7-8-15(16)23/h2-10,24H,11H2,1H3,(H,25,28). The predicted molar refractivity (Wildman–Crippen MR) is 122 cm³/mol. The van der Waals surface area contributed by atoms with Crippen molar-refractivity contribution in [3.05, 3.63) is 80.7 Å². The Hall–Kier alpha value is -2.74. The molecule has 4 aromatic rings. The van der Waals surface area contributed by atoms with Crippen LogP contribution in [0.3, 0.4) is 0 Å². The number of fused-ring (bicyclic) bond motifs is 1. The Labute approximate surface area is 186 Å². The number of aromatic nitrogens is 3. The Morgan fingerprint density at radius 2 is 1.93 bits per heavy atom. The minimum atomic E-state index is -0.289. The van der Waals surface area contributed by atoms with Gasteiger partial charge in [-0.25, -0.2) is 4.98 Å². The molecule has 0 fully saturated rings. The second kappa shape index (κ2) is 8.55. The number of nitrogens with zero attached hydrogens (tertiary/aromatic N) is 2. The number of amides is 1. The number of aryl methyl sites for hydroxylation is 1. The summed E-state index contributed by atoms with van der Waals surface area (Å²) >= 11 is 13.2. The maximum absolute atomic E-state index is 13.1. The fraction of sp³-hybridized carbons (Fsp3) is 0.0952. The number of nitrogens with one attached hydrogen (secondary N) is 2. The Morgan fingerprint density at radius 1 is 1.17 bits per heavy atom. The summed E-state index contributed by atoms with van der Waals surface area (Å²) in [6, 6.07) is 15.8. The van der Waals surface area contributed by atoms with E-state index < -0.39 is 0 Å². The molecule has 0 saturated heterocycles. The minimum absolute atomic E-state index is 0.0387. The van der Waals surface area contributed by atoms with Crippen molar-refractivity contribution in [2.45, 2.75) is 12.1 Å². The van der Waals surface area contributed by atoms with Crippen molar-refractivity contribution in [2.24, 2.45) is 0 Å². The van der Waals surface area contributed by atoms with Crippen molar-refractivity contribution in [1.29, 1.82) is 0 Å². The molecule has 0 radical (unpaired) electrons. The first kappa shape index (κ1) is 20.5. The fourth-order valence-electron chi connectivity index (χ4n) is 2.99. The zero-order valence-corrected chi connectivity index (χ0v) is 18.1. The number of para-hydroxylation sites is 1. The van der Waals surface area contributed by atoms with Gasteiger partial charge in [0.05, 0.1) is 27.7 Å². The molecule has 152 valence electrons. The number of anilines is 1. The number of carbonyl (C=O) groups is 1. The van der Waals surface area contributed by atoms with Crippen LogP contribution in [0.25, 0.3) is 16.7 Å². The molecule has 2 heterocycles. The lowest BCUT2D eigenvalue weighted by Crippen LogP contribution is -2.23. The van der Waals surface area contributed by atoms with Gasteiger partial charge in [-0.1, -0.05) is 53.2 Å². The number of rotatable bonds is 5. The molecule has 30 heavy (non-hydrogen) atoms. The third-order valence-electron chi connectivity index (χ3n) is 4.31. The number of thioether (sulfide) groups is 1. The quantitative estimate of drug-likeness (QED) is 0.323. The van der Waals surface area contributed by atoms with Gasteiger partial charge in [0.1, 0.15) is 5.52 Å². The van der Waals surface area contributed by atoms with E-state index in [-0.39, 0.29) is 17.2 Å². The van der Waals surface area contributed by atoms with Gasteiger partial charge in [0.15, 0.2) is 5.16 Å². The summed E-state index contributed by atoms with van der Waals surface area (Å²) in [5, 5.41) is 4.02. The molecule has 2 aromatic carbocycles. The highest BCUT2D eigenvalue weighted by Crippen LogP contribution is 2.26. The summed E-state index contributed by atoms with van der Waals surface area (Å²) in [4.78, 5) is 33.3. The van der Waals surface area contributed by atoms with E-state index in [2.05, 4.69) is 15.3 Å². The molecular weight excluding hydrogens is 443 g/mol. The molecule has 0 aliphatic carbocycles. The average Bonchev–Trinajstić information content (AvgIpc) is 3.10. The SMILES string of the molecule is Cc1cc2nc(SCC(=O)Nc3cc(Cl)ccc3Cl)n(-c3ccccc3)c(=O)c2[nH]1. The van der Waals surface area contributed by atoms with E-state index in [1.54, 1.807) is 18.2 Å². The van der Waals surface area contributed by atoms with E-state index in [9.17, 15) is 9.59 Å². The Bertz CT molecular complexity index is 1300.